The Hall–Kier alpha value is -2.34. The minimum absolute atomic E-state index is 0. The molecule has 0 radical (unpaired) electrons. The Balaban J connectivity index is 0.00000196. The van der Waals surface area contributed by atoms with Crippen molar-refractivity contribution in [3.63, 3.8) is 0 Å². The van der Waals surface area contributed by atoms with Gasteiger partial charge in [0, 0.05) is 31.0 Å². The van der Waals surface area contributed by atoms with Gasteiger partial charge in [-0.05, 0) is 41.5 Å². The number of pyridine rings is 1. The maximum Gasteiger partial charge on any atom is 0.166 e. The highest BCUT2D eigenvalue weighted by atomic mass is 35.5. The van der Waals surface area contributed by atoms with Crippen LogP contribution in [0.15, 0.2) is 67.0 Å². The molecule has 0 amide bonds. The Morgan fingerprint density at radius 2 is 1.61 bits per heavy atom. The van der Waals surface area contributed by atoms with E-state index in [2.05, 4.69) is 10.3 Å². The van der Waals surface area contributed by atoms with E-state index >= 15 is 0 Å². The first kappa shape index (κ1) is 23.7. The summed E-state index contributed by atoms with van der Waals surface area (Å²) in [5.41, 5.74) is 3.06. The summed E-state index contributed by atoms with van der Waals surface area (Å²) in [6.45, 7) is 1.72. The largest absolute Gasteiger partial charge is 0.493 e. The van der Waals surface area contributed by atoms with Crippen LogP contribution >= 0.6 is 24.8 Å². The van der Waals surface area contributed by atoms with Crippen LogP contribution in [-0.4, -0.2) is 12.1 Å². The van der Waals surface area contributed by atoms with E-state index in [1.165, 1.54) is 12.1 Å². The topological polar surface area (TPSA) is 43.4 Å². The molecule has 0 aliphatic heterocycles. The monoisotopic (exact) mass is 424 g/mol. The van der Waals surface area contributed by atoms with Crippen molar-refractivity contribution < 1.29 is 13.9 Å². The molecule has 0 saturated heterocycles. The fourth-order valence-corrected chi connectivity index (χ4v) is 2.60. The van der Waals surface area contributed by atoms with Gasteiger partial charge in [0.25, 0.3) is 0 Å². The molecule has 0 spiro atoms. The minimum atomic E-state index is -0.257. The summed E-state index contributed by atoms with van der Waals surface area (Å²) in [6, 6.07) is 16.0. The number of hydrogen-bond donors (Lipinski definition) is 1. The van der Waals surface area contributed by atoms with Crippen molar-refractivity contribution in [1.82, 2.24) is 10.3 Å². The number of para-hydroxylation sites is 1. The fraction of sp³-hybridized carbons (Fsp3) is 0.190. The molecule has 7 heteroatoms. The quantitative estimate of drug-likeness (QED) is 0.555. The number of benzene rings is 2. The van der Waals surface area contributed by atoms with E-state index in [4.69, 9.17) is 9.47 Å². The van der Waals surface area contributed by atoms with E-state index in [1.54, 1.807) is 31.6 Å². The maximum atomic E-state index is 13.0. The summed E-state index contributed by atoms with van der Waals surface area (Å²) in [5, 5.41) is 3.40. The van der Waals surface area contributed by atoms with Crippen molar-refractivity contribution in [3.05, 3.63) is 89.5 Å². The second-order valence-corrected chi connectivity index (χ2v) is 5.82. The molecule has 1 heterocycles. The Bertz CT molecular complexity index is 834. The number of aromatic nitrogens is 1. The Kier molecular flexibility index (Phi) is 10.3. The second kappa shape index (κ2) is 12.2. The molecule has 4 nitrogen and oxygen atoms in total. The van der Waals surface area contributed by atoms with E-state index < -0.39 is 0 Å². The third kappa shape index (κ3) is 6.68. The standard InChI is InChI=1S/C21H21FN2O2.2ClH/c1-25-20-4-2-3-18(14-24-13-16-9-11-23-12-10-16)21(20)26-15-17-5-7-19(22)8-6-17;;/h2-12,24H,13-15H2,1H3;2*1H. The van der Waals surface area contributed by atoms with Gasteiger partial charge in [0.1, 0.15) is 12.4 Å². The van der Waals surface area contributed by atoms with Crippen LogP contribution in [0.2, 0.25) is 0 Å². The van der Waals surface area contributed by atoms with Crippen LogP contribution in [0.4, 0.5) is 4.39 Å². The predicted octanol–water partition coefficient (Wildman–Crippen LogP) is 4.94. The third-order valence-electron chi connectivity index (χ3n) is 3.97. The number of ether oxygens (including phenoxy) is 2. The average molecular weight is 425 g/mol. The van der Waals surface area contributed by atoms with Gasteiger partial charge < -0.3 is 14.8 Å². The summed E-state index contributed by atoms with van der Waals surface area (Å²) in [6.07, 6.45) is 3.56. The van der Waals surface area contributed by atoms with E-state index in [1.807, 2.05) is 30.3 Å². The number of halogens is 3. The average Bonchev–Trinajstić information content (AvgIpc) is 2.69. The Labute approximate surface area is 176 Å². The highest BCUT2D eigenvalue weighted by Crippen LogP contribution is 2.31. The molecule has 1 aromatic heterocycles. The number of nitrogens with zero attached hydrogens (tertiary/aromatic N) is 1. The number of rotatable bonds is 8. The molecule has 0 bridgehead atoms. The van der Waals surface area contributed by atoms with Crippen molar-refractivity contribution in [2.24, 2.45) is 0 Å². The van der Waals surface area contributed by atoms with E-state index in [-0.39, 0.29) is 30.6 Å². The van der Waals surface area contributed by atoms with Gasteiger partial charge in [-0.25, -0.2) is 4.39 Å². The normalized spacial score (nSPS) is 9.79. The Morgan fingerprint density at radius 1 is 0.893 bits per heavy atom. The molecule has 0 saturated carbocycles. The second-order valence-electron chi connectivity index (χ2n) is 5.82. The first-order chi connectivity index (χ1) is 12.8. The predicted molar refractivity (Wildman–Crippen MR) is 113 cm³/mol. The van der Waals surface area contributed by atoms with Crippen molar-refractivity contribution in [2.75, 3.05) is 7.11 Å². The molecule has 3 aromatic rings. The highest BCUT2D eigenvalue weighted by molar-refractivity contribution is 5.85. The zero-order valence-electron chi connectivity index (χ0n) is 15.4. The van der Waals surface area contributed by atoms with Crippen molar-refractivity contribution in [3.8, 4) is 11.5 Å². The van der Waals surface area contributed by atoms with Crippen molar-refractivity contribution in [1.29, 1.82) is 0 Å². The molecule has 2 aromatic carbocycles. The molecule has 150 valence electrons. The van der Waals surface area contributed by atoms with Gasteiger partial charge in [-0.15, -0.1) is 24.8 Å². The van der Waals surface area contributed by atoms with E-state index in [9.17, 15) is 4.39 Å². The highest BCUT2D eigenvalue weighted by Gasteiger charge is 2.11. The fourth-order valence-electron chi connectivity index (χ4n) is 2.60. The first-order valence-corrected chi connectivity index (χ1v) is 8.39. The van der Waals surface area contributed by atoms with Crippen LogP contribution in [0.1, 0.15) is 16.7 Å². The molecule has 3 rings (SSSR count). The lowest BCUT2D eigenvalue weighted by Gasteiger charge is -2.16. The van der Waals surface area contributed by atoms with Crippen molar-refractivity contribution >= 4 is 24.8 Å². The summed E-state index contributed by atoms with van der Waals surface area (Å²) in [4.78, 5) is 4.02. The summed E-state index contributed by atoms with van der Waals surface area (Å²) in [7, 11) is 1.62. The minimum Gasteiger partial charge on any atom is -0.493 e. The molecule has 0 fully saturated rings. The molecule has 0 atom stereocenters. The van der Waals surface area contributed by atoms with Crippen LogP contribution in [0, 0.1) is 5.82 Å². The first-order valence-electron chi connectivity index (χ1n) is 8.39. The molecule has 0 aliphatic carbocycles. The maximum absolute atomic E-state index is 13.0. The van der Waals surface area contributed by atoms with Crippen LogP contribution < -0.4 is 14.8 Å². The molecular weight excluding hydrogens is 402 g/mol. The van der Waals surface area contributed by atoms with Gasteiger partial charge in [-0.3, -0.25) is 4.98 Å². The zero-order chi connectivity index (χ0) is 18.2. The van der Waals surface area contributed by atoms with Gasteiger partial charge >= 0.3 is 0 Å². The van der Waals surface area contributed by atoms with Gasteiger partial charge in [0.2, 0.25) is 0 Å². The molecule has 28 heavy (non-hydrogen) atoms. The SMILES string of the molecule is COc1cccc(CNCc2ccncc2)c1OCc1ccc(F)cc1.Cl.Cl. The van der Waals surface area contributed by atoms with Gasteiger partial charge in [-0.2, -0.15) is 0 Å². The van der Waals surface area contributed by atoms with Crippen molar-refractivity contribution in [2.45, 2.75) is 19.7 Å². The lowest BCUT2D eigenvalue weighted by molar-refractivity contribution is 0.280. The molecule has 0 aliphatic rings. The van der Waals surface area contributed by atoms with Crippen LogP contribution in [0.3, 0.4) is 0 Å². The summed E-state index contributed by atoms with van der Waals surface area (Å²) < 4.78 is 24.5. The van der Waals surface area contributed by atoms with Gasteiger partial charge in [-0.1, -0.05) is 24.3 Å². The van der Waals surface area contributed by atoms with Gasteiger partial charge in [0.15, 0.2) is 11.5 Å². The van der Waals surface area contributed by atoms with Crippen LogP contribution in [-0.2, 0) is 19.7 Å². The number of nitrogens with one attached hydrogen (secondary N) is 1. The molecule has 0 unspecified atom stereocenters. The van der Waals surface area contributed by atoms with Crippen LogP contribution in [0.5, 0.6) is 11.5 Å². The third-order valence-corrected chi connectivity index (χ3v) is 3.97. The molecule has 1 N–H and O–H groups in total. The zero-order valence-corrected chi connectivity index (χ0v) is 17.1. The number of hydrogen-bond acceptors (Lipinski definition) is 4. The molecular formula is C21H23Cl2FN2O2. The summed E-state index contributed by atoms with van der Waals surface area (Å²) in [5.74, 6) is 1.11. The van der Waals surface area contributed by atoms with E-state index in [0.717, 1.165) is 23.2 Å². The lowest BCUT2D eigenvalue weighted by atomic mass is 10.1. The Morgan fingerprint density at radius 3 is 2.29 bits per heavy atom. The lowest BCUT2D eigenvalue weighted by Crippen LogP contribution is -2.14. The van der Waals surface area contributed by atoms with Gasteiger partial charge in [0.05, 0.1) is 7.11 Å². The van der Waals surface area contributed by atoms with Crippen LogP contribution in [0.25, 0.3) is 0 Å². The van der Waals surface area contributed by atoms with E-state index in [0.29, 0.717) is 24.7 Å². The smallest absolute Gasteiger partial charge is 0.166 e. The summed E-state index contributed by atoms with van der Waals surface area (Å²) >= 11 is 0. The number of methoxy groups -OCH3 is 1.